The van der Waals surface area contributed by atoms with E-state index in [9.17, 15) is 9.18 Å². The fourth-order valence-corrected chi connectivity index (χ4v) is 3.65. The van der Waals surface area contributed by atoms with E-state index in [2.05, 4.69) is 44.3 Å². The third kappa shape index (κ3) is 5.38. The van der Waals surface area contributed by atoms with Crippen LogP contribution in [0.4, 0.5) is 20.6 Å². The van der Waals surface area contributed by atoms with Crippen molar-refractivity contribution >= 4 is 17.5 Å². The first-order valence-corrected chi connectivity index (χ1v) is 9.81. The van der Waals surface area contributed by atoms with Crippen LogP contribution in [0.3, 0.4) is 0 Å². The molecule has 1 saturated heterocycles. The summed E-state index contributed by atoms with van der Waals surface area (Å²) in [5, 5.41) is 2.85. The monoisotopic (exact) mass is 400 g/mol. The molecule has 0 bridgehead atoms. The normalized spacial score (nSPS) is 15.7. The number of amides is 1. The number of halogens is 1. The van der Waals surface area contributed by atoms with Crippen molar-refractivity contribution in [2.24, 2.45) is 0 Å². The fourth-order valence-electron chi connectivity index (χ4n) is 3.65. The van der Waals surface area contributed by atoms with E-state index in [-0.39, 0.29) is 11.9 Å². The van der Waals surface area contributed by atoms with Crippen LogP contribution >= 0.6 is 0 Å². The second-order valence-electron chi connectivity index (χ2n) is 7.37. The van der Waals surface area contributed by atoms with Crippen molar-refractivity contribution in [3.05, 3.63) is 59.9 Å². The summed E-state index contributed by atoms with van der Waals surface area (Å²) in [5.41, 5.74) is 3.32. The molecular weight excluding hydrogens is 371 g/mol. The topological polar surface area (TPSA) is 48.1 Å². The highest BCUT2D eigenvalue weighted by Gasteiger charge is 2.26. The Morgan fingerprint density at radius 3 is 2.24 bits per heavy atom. The molecule has 1 fully saturated rings. The van der Waals surface area contributed by atoms with Gasteiger partial charge in [-0.3, -0.25) is 4.90 Å². The Labute approximate surface area is 171 Å². The van der Waals surface area contributed by atoms with Gasteiger partial charge in [0.15, 0.2) is 0 Å². The van der Waals surface area contributed by atoms with Crippen LogP contribution in [-0.2, 0) is 4.74 Å². The second kappa shape index (κ2) is 9.60. The molecule has 0 aliphatic carbocycles. The van der Waals surface area contributed by atoms with Crippen molar-refractivity contribution in [1.29, 1.82) is 0 Å². The van der Waals surface area contributed by atoms with Gasteiger partial charge in [0.25, 0.3) is 0 Å². The van der Waals surface area contributed by atoms with Crippen LogP contribution in [0.2, 0.25) is 0 Å². The largest absolute Gasteiger partial charge is 0.453 e. The smallest absolute Gasteiger partial charge is 0.406 e. The zero-order chi connectivity index (χ0) is 20.8. The zero-order valence-electron chi connectivity index (χ0n) is 17.3. The maximum atomic E-state index is 13.2. The number of anilines is 2. The molecule has 7 heteroatoms. The van der Waals surface area contributed by atoms with Gasteiger partial charge in [0, 0.05) is 58.2 Å². The average molecular weight is 400 g/mol. The molecule has 1 N–H and O–H groups in total. The molecule has 0 saturated carbocycles. The number of nitrogens with zero attached hydrogens (tertiary/aromatic N) is 3. The maximum Gasteiger partial charge on any atom is 0.406 e. The summed E-state index contributed by atoms with van der Waals surface area (Å²) in [6.45, 7) is 3.86. The van der Waals surface area contributed by atoms with E-state index in [0.29, 0.717) is 6.54 Å². The summed E-state index contributed by atoms with van der Waals surface area (Å²) in [6, 6.07) is 15.1. The third-order valence-corrected chi connectivity index (χ3v) is 5.37. The molecule has 2 aromatic rings. The lowest BCUT2D eigenvalue weighted by Crippen LogP contribution is -2.50. The predicted molar refractivity (Wildman–Crippen MR) is 114 cm³/mol. The molecule has 0 spiro atoms. The molecule has 29 heavy (non-hydrogen) atoms. The van der Waals surface area contributed by atoms with Gasteiger partial charge < -0.3 is 19.9 Å². The van der Waals surface area contributed by atoms with E-state index in [0.717, 1.165) is 43.1 Å². The molecule has 156 valence electrons. The van der Waals surface area contributed by atoms with Crippen LogP contribution in [0, 0.1) is 5.82 Å². The van der Waals surface area contributed by atoms with Gasteiger partial charge >= 0.3 is 6.09 Å². The van der Waals surface area contributed by atoms with Crippen LogP contribution in [-0.4, -0.2) is 64.9 Å². The second-order valence-corrected chi connectivity index (χ2v) is 7.37. The summed E-state index contributed by atoms with van der Waals surface area (Å²) >= 11 is 0. The molecule has 0 aromatic heterocycles. The molecule has 1 atom stereocenters. The number of alkyl carbamates (subject to hydrolysis) is 1. The van der Waals surface area contributed by atoms with Gasteiger partial charge in [0.2, 0.25) is 0 Å². The van der Waals surface area contributed by atoms with Gasteiger partial charge in [0.1, 0.15) is 5.82 Å². The number of carbonyl (C=O) groups excluding carboxylic acids is 1. The number of rotatable bonds is 6. The first-order valence-electron chi connectivity index (χ1n) is 9.81. The van der Waals surface area contributed by atoms with Crippen LogP contribution in [0.5, 0.6) is 0 Å². The van der Waals surface area contributed by atoms with Crippen LogP contribution in [0.25, 0.3) is 0 Å². The van der Waals surface area contributed by atoms with Crippen molar-refractivity contribution in [2.45, 2.75) is 6.04 Å². The lowest BCUT2D eigenvalue weighted by Gasteiger charge is -2.40. The van der Waals surface area contributed by atoms with Crippen molar-refractivity contribution in [3.8, 4) is 0 Å². The van der Waals surface area contributed by atoms with Crippen LogP contribution in [0.1, 0.15) is 11.6 Å². The van der Waals surface area contributed by atoms with Crippen molar-refractivity contribution in [3.63, 3.8) is 0 Å². The van der Waals surface area contributed by atoms with E-state index in [1.54, 1.807) is 0 Å². The van der Waals surface area contributed by atoms with Gasteiger partial charge in [0.05, 0.1) is 13.2 Å². The van der Waals surface area contributed by atoms with E-state index in [4.69, 9.17) is 4.74 Å². The number of piperazine rings is 1. The summed E-state index contributed by atoms with van der Waals surface area (Å²) in [5.74, 6) is -0.220. The Bertz CT molecular complexity index is 787. The highest BCUT2D eigenvalue weighted by molar-refractivity contribution is 5.67. The van der Waals surface area contributed by atoms with Crippen LogP contribution in [0.15, 0.2) is 48.5 Å². The number of carbonyl (C=O) groups is 1. The van der Waals surface area contributed by atoms with Gasteiger partial charge in [-0.2, -0.15) is 0 Å². The van der Waals surface area contributed by atoms with E-state index < -0.39 is 6.09 Å². The zero-order valence-corrected chi connectivity index (χ0v) is 17.3. The van der Waals surface area contributed by atoms with E-state index >= 15 is 0 Å². The molecule has 3 rings (SSSR count). The summed E-state index contributed by atoms with van der Waals surface area (Å²) in [4.78, 5) is 18.3. The minimum Gasteiger partial charge on any atom is -0.453 e. The molecule has 1 unspecified atom stereocenters. The fraction of sp³-hybridized carbons (Fsp3) is 0.409. The van der Waals surface area contributed by atoms with E-state index in [1.807, 2.05) is 26.2 Å². The van der Waals surface area contributed by atoms with Crippen molar-refractivity contribution in [1.82, 2.24) is 10.2 Å². The lowest BCUT2D eigenvalue weighted by molar-refractivity contribution is 0.154. The maximum absolute atomic E-state index is 13.2. The first kappa shape index (κ1) is 20.9. The van der Waals surface area contributed by atoms with E-state index in [1.165, 1.54) is 19.2 Å². The summed E-state index contributed by atoms with van der Waals surface area (Å²) in [7, 11) is 5.40. The lowest BCUT2D eigenvalue weighted by atomic mass is 10.0. The van der Waals surface area contributed by atoms with Gasteiger partial charge in [-0.15, -0.1) is 0 Å². The molecule has 1 amide bonds. The Hall–Kier alpha value is -2.80. The number of benzene rings is 2. The summed E-state index contributed by atoms with van der Waals surface area (Å²) < 4.78 is 17.9. The number of ether oxygens (including phenoxy) is 1. The molecule has 1 heterocycles. The third-order valence-electron chi connectivity index (χ3n) is 5.37. The molecule has 2 aromatic carbocycles. The Kier molecular flexibility index (Phi) is 6.93. The SMILES string of the molecule is COC(=O)NCC(c1ccc(N(C)C)cc1)N1CCN(c2ccc(F)cc2)CC1. The Balaban J connectivity index is 1.70. The first-order chi connectivity index (χ1) is 14.0. The molecule has 6 nitrogen and oxygen atoms in total. The Morgan fingerprint density at radius 1 is 1.07 bits per heavy atom. The standard InChI is InChI=1S/C22H29FN4O2/c1-25(2)19-8-4-17(5-9-19)21(16-24-22(28)29-3)27-14-12-26(13-15-27)20-10-6-18(23)7-11-20/h4-11,21H,12-16H2,1-3H3,(H,24,28). The minimum absolute atomic E-state index is 0.0562. The van der Waals surface area contributed by atoms with Gasteiger partial charge in [-0.25, -0.2) is 9.18 Å². The highest BCUT2D eigenvalue weighted by atomic mass is 19.1. The Morgan fingerprint density at radius 2 is 1.69 bits per heavy atom. The number of methoxy groups -OCH3 is 1. The van der Waals surface area contributed by atoms with Gasteiger partial charge in [-0.1, -0.05) is 12.1 Å². The minimum atomic E-state index is -0.426. The molecule has 1 aliphatic rings. The van der Waals surface area contributed by atoms with Crippen LogP contribution < -0.4 is 15.1 Å². The van der Waals surface area contributed by atoms with Gasteiger partial charge in [-0.05, 0) is 42.0 Å². The quantitative estimate of drug-likeness (QED) is 0.808. The number of hydrogen-bond donors (Lipinski definition) is 1. The summed E-state index contributed by atoms with van der Waals surface area (Å²) in [6.07, 6.45) is -0.426. The predicted octanol–water partition coefficient (Wildman–Crippen LogP) is 3.11. The molecule has 0 radical (unpaired) electrons. The average Bonchev–Trinajstić information content (AvgIpc) is 2.75. The molecular formula is C22H29FN4O2. The van der Waals surface area contributed by atoms with Crippen molar-refractivity contribution < 1.29 is 13.9 Å². The number of nitrogens with one attached hydrogen (secondary N) is 1. The molecule has 1 aliphatic heterocycles. The number of hydrogen-bond acceptors (Lipinski definition) is 5. The highest BCUT2D eigenvalue weighted by Crippen LogP contribution is 2.26. The van der Waals surface area contributed by atoms with Crippen molar-refractivity contribution in [2.75, 3.05) is 63.7 Å².